The Morgan fingerprint density at radius 3 is 2.53 bits per heavy atom. The lowest BCUT2D eigenvalue weighted by atomic mass is 10.2. The highest BCUT2D eigenvalue weighted by atomic mass is 32.2. The molecule has 1 aromatic heterocycles. The fraction of sp³-hybridized carbons (Fsp3) is 0.375. The van der Waals surface area contributed by atoms with E-state index in [1.54, 1.807) is 0 Å². The van der Waals surface area contributed by atoms with Gasteiger partial charge in [-0.3, -0.25) is 0 Å². The number of aryl methyl sites for hydroxylation is 1. The van der Waals surface area contributed by atoms with Crippen molar-refractivity contribution in [2.24, 2.45) is 7.05 Å². The number of hydrogen-bond donors (Lipinski definition) is 1. The first-order valence-corrected chi connectivity index (χ1v) is 7.67. The third-order valence-electron chi connectivity index (χ3n) is 3.49. The third kappa shape index (κ3) is 3.88. The Bertz CT molecular complexity index is 517. The first-order chi connectivity index (χ1) is 9.18. The minimum absolute atomic E-state index is 0.961. The van der Waals surface area contributed by atoms with Crippen LogP contribution in [0.25, 0.3) is 0 Å². The molecular weight excluding hydrogens is 252 g/mol. The Morgan fingerprint density at radius 2 is 1.89 bits per heavy atom. The summed E-state index contributed by atoms with van der Waals surface area (Å²) in [6, 6.07) is 12.8. The second kappa shape index (κ2) is 6.83. The van der Waals surface area contributed by atoms with Gasteiger partial charge in [0.05, 0.1) is 0 Å². The molecule has 0 saturated heterocycles. The summed E-state index contributed by atoms with van der Waals surface area (Å²) in [7, 11) is 2.12. The highest BCUT2D eigenvalue weighted by Gasteiger charge is 2.04. The normalized spacial score (nSPS) is 10.9. The van der Waals surface area contributed by atoms with Gasteiger partial charge >= 0.3 is 0 Å². The maximum absolute atomic E-state index is 3.52. The molecule has 0 aliphatic heterocycles. The molecule has 0 atom stereocenters. The number of benzene rings is 1. The molecule has 3 heteroatoms. The molecule has 0 saturated carbocycles. The van der Waals surface area contributed by atoms with Gasteiger partial charge in [0.15, 0.2) is 0 Å². The van der Waals surface area contributed by atoms with E-state index >= 15 is 0 Å². The molecule has 0 spiro atoms. The molecule has 0 unspecified atom stereocenters. The van der Waals surface area contributed by atoms with E-state index in [0.717, 1.165) is 18.8 Å². The maximum Gasteiger partial charge on any atom is 0.0223 e. The van der Waals surface area contributed by atoms with Gasteiger partial charge in [-0.1, -0.05) is 18.2 Å². The third-order valence-corrected chi connectivity index (χ3v) is 4.50. The van der Waals surface area contributed by atoms with Gasteiger partial charge in [0.1, 0.15) is 0 Å². The van der Waals surface area contributed by atoms with Crippen LogP contribution in [-0.4, -0.2) is 16.9 Å². The molecule has 19 heavy (non-hydrogen) atoms. The molecule has 2 aromatic rings. The number of nitrogens with zero attached hydrogens (tertiary/aromatic N) is 1. The molecule has 0 radical (unpaired) electrons. The molecule has 2 rings (SSSR count). The molecule has 1 N–H and O–H groups in total. The Morgan fingerprint density at radius 1 is 1.16 bits per heavy atom. The van der Waals surface area contributed by atoms with E-state index < -0.39 is 0 Å². The van der Waals surface area contributed by atoms with E-state index in [1.165, 1.54) is 21.8 Å². The van der Waals surface area contributed by atoms with Crippen LogP contribution in [0.15, 0.2) is 41.3 Å². The van der Waals surface area contributed by atoms with Gasteiger partial charge in [0.2, 0.25) is 0 Å². The summed E-state index contributed by atoms with van der Waals surface area (Å²) in [5, 5.41) is 3.52. The number of nitrogens with one attached hydrogen (secondary N) is 1. The van der Waals surface area contributed by atoms with Crippen LogP contribution in [0.4, 0.5) is 0 Å². The van der Waals surface area contributed by atoms with E-state index in [9.17, 15) is 0 Å². The van der Waals surface area contributed by atoms with Crippen LogP contribution in [0.2, 0.25) is 0 Å². The number of rotatable bonds is 6. The monoisotopic (exact) mass is 274 g/mol. The van der Waals surface area contributed by atoms with Crippen molar-refractivity contribution in [3.63, 3.8) is 0 Å². The van der Waals surface area contributed by atoms with Crippen LogP contribution in [0, 0.1) is 13.8 Å². The zero-order valence-electron chi connectivity index (χ0n) is 11.9. The van der Waals surface area contributed by atoms with Crippen LogP contribution in [-0.2, 0) is 13.6 Å². The topological polar surface area (TPSA) is 17.0 Å². The molecule has 2 nitrogen and oxygen atoms in total. The summed E-state index contributed by atoms with van der Waals surface area (Å²) < 4.78 is 2.25. The second-order valence-electron chi connectivity index (χ2n) is 4.79. The van der Waals surface area contributed by atoms with Crippen LogP contribution >= 0.6 is 11.8 Å². The molecule has 0 bridgehead atoms. The Labute approximate surface area is 120 Å². The fourth-order valence-corrected chi connectivity index (χ4v) is 2.92. The van der Waals surface area contributed by atoms with Gasteiger partial charge in [0.25, 0.3) is 0 Å². The van der Waals surface area contributed by atoms with Crippen molar-refractivity contribution in [1.29, 1.82) is 0 Å². The van der Waals surface area contributed by atoms with Gasteiger partial charge in [-0.2, -0.15) is 0 Å². The molecule has 1 aromatic carbocycles. The minimum Gasteiger partial charge on any atom is -0.352 e. The SMILES string of the molecule is Cc1cc(CNCCSc2ccccc2)c(C)n1C. The average Bonchev–Trinajstić information content (AvgIpc) is 2.67. The van der Waals surface area contributed by atoms with Crippen molar-refractivity contribution < 1.29 is 0 Å². The number of hydrogen-bond acceptors (Lipinski definition) is 2. The predicted molar refractivity (Wildman–Crippen MR) is 83.8 cm³/mol. The van der Waals surface area contributed by atoms with E-state index in [1.807, 2.05) is 11.8 Å². The molecule has 0 aliphatic carbocycles. The molecular formula is C16H22N2S. The highest BCUT2D eigenvalue weighted by Crippen LogP contribution is 2.16. The van der Waals surface area contributed by atoms with E-state index in [4.69, 9.17) is 0 Å². The maximum atomic E-state index is 3.52. The van der Waals surface area contributed by atoms with E-state index in [2.05, 4.69) is 67.2 Å². The van der Waals surface area contributed by atoms with Gasteiger partial charge in [-0.15, -0.1) is 11.8 Å². The average molecular weight is 274 g/mol. The first-order valence-electron chi connectivity index (χ1n) is 6.69. The molecule has 0 aliphatic rings. The zero-order chi connectivity index (χ0) is 13.7. The summed E-state index contributed by atoms with van der Waals surface area (Å²) >= 11 is 1.90. The summed E-state index contributed by atoms with van der Waals surface area (Å²) in [6.45, 7) is 6.33. The van der Waals surface area contributed by atoms with Gasteiger partial charge in [-0.25, -0.2) is 0 Å². The van der Waals surface area contributed by atoms with Crippen molar-refractivity contribution in [1.82, 2.24) is 9.88 Å². The second-order valence-corrected chi connectivity index (χ2v) is 5.96. The summed E-state index contributed by atoms with van der Waals surface area (Å²) in [5.74, 6) is 1.11. The van der Waals surface area contributed by atoms with Crippen LogP contribution in [0.5, 0.6) is 0 Å². The van der Waals surface area contributed by atoms with Crippen LogP contribution in [0.1, 0.15) is 17.0 Å². The quantitative estimate of drug-likeness (QED) is 0.641. The minimum atomic E-state index is 0.961. The Balaban J connectivity index is 1.71. The Hall–Kier alpha value is -1.19. The molecule has 1 heterocycles. The van der Waals surface area contributed by atoms with Crippen molar-refractivity contribution in [3.05, 3.63) is 53.3 Å². The Kier molecular flexibility index (Phi) is 5.11. The lowest BCUT2D eigenvalue weighted by Gasteiger charge is -2.05. The van der Waals surface area contributed by atoms with Crippen LogP contribution in [0.3, 0.4) is 0 Å². The molecule has 0 amide bonds. The van der Waals surface area contributed by atoms with Gasteiger partial charge in [0, 0.05) is 42.2 Å². The largest absolute Gasteiger partial charge is 0.352 e. The lowest BCUT2D eigenvalue weighted by Crippen LogP contribution is -2.16. The zero-order valence-corrected chi connectivity index (χ0v) is 12.8. The predicted octanol–water partition coefficient (Wildman–Crippen LogP) is 3.52. The van der Waals surface area contributed by atoms with Gasteiger partial charge in [-0.05, 0) is 37.6 Å². The molecule has 0 fully saturated rings. The van der Waals surface area contributed by atoms with Crippen molar-refractivity contribution in [3.8, 4) is 0 Å². The first kappa shape index (κ1) is 14.2. The summed E-state index contributed by atoms with van der Waals surface area (Å²) in [4.78, 5) is 1.34. The number of thioether (sulfide) groups is 1. The number of aromatic nitrogens is 1. The van der Waals surface area contributed by atoms with Crippen molar-refractivity contribution in [2.45, 2.75) is 25.3 Å². The standard InChI is InChI=1S/C16H22N2S/c1-13-11-15(14(2)18(13)3)12-17-9-10-19-16-7-5-4-6-8-16/h4-8,11,17H,9-10,12H2,1-3H3. The van der Waals surface area contributed by atoms with E-state index in [-0.39, 0.29) is 0 Å². The van der Waals surface area contributed by atoms with Crippen molar-refractivity contribution in [2.75, 3.05) is 12.3 Å². The highest BCUT2D eigenvalue weighted by molar-refractivity contribution is 7.99. The fourth-order valence-electron chi connectivity index (χ4n) is 2.09. The van der Waals surface area contributed by atoms with E-state index in [0.29, 0.717) is 0 Å². The van der Waals surface area contributed by atoms with Crippen molar-refractivity contribution >= 4 is 11.8 Å². The lowest BCUT2D eigenvalue weighted by molar-refractivity contribution is 0.723. The van der Waals surface area contributed by atoms with Gasteiger partial charge < -0.3 is 9.88 Å². The molecule has 102 valence electrons. The smallest absolute Gasteiger partial charge is 0.0223 e. The summed E-state index contributed by atoms with van der Waals surface area (Å²) in [6.07, 6.45) is 0. The summed E-state index contributed by atoms with van der Waals surface area (Å²) in [5.41, 5.74) is 4.10. The van der Waals surface area contributed by atoms with Crippen LogP contribution < -0.4 is 5.32 Å².